The molecule has 0 amide bonds. The highest BCUT2D eigenvalue weighted by molar-refractivity contribution is 5.32. The lowest BCUT2D eigenvalue weighted by molar-refractivity contribution is 0.562. The predicted octanol–water partition coefficient (Wildman–Crippen LogP) is 4.88. The van der Waals surface area contributed by atoms with Crippen molar-refractivity contribution in [2.24, 2.45) is 4.99 Å². The SMILES string of the molecule is CCCCCCCCCC.CCCN=C=O. The van der Waals surface area contributed by atoms with Crippen molar-refractivity contribution in [3.63, 3.8) is 0 Å². The zero-order chi connectivity index (χ0) is 12.5. The smallest absolute Gasteiger partial charge is 0.211 e. The van der Waals surface area contributed by atoms with E-state index in [1.165, 1.54) is 57.4 Å². The molecule has 0 heterocycles. The summed E-state index contributed by atoms with van der Waals surface area (Å²) < 4.78 is 0. The van der Waals surface area contributed by atoms with E-state index in [1.54, 1.807) is 0 Å². The van der Waals surface area contributed by atoms with Crippen molar-refractivity contribution in [1.82, 2.24) is 0 Å². The number of aliphatic imine (C=N–C) groups is 1. The molecule has 0 aliphatic rings. The van der Waals surface area contributed by atoms with Crippen LogP contribution in [0.4, 0.5) is 0 Å². The van der Waals surface area contributed by atoms with E-state index in [4.69, 9.17) is 0 Å². The Hall–Kier alpha value is -0.620. The molecule has 0 N–H and O–H groups in total. The summed E-state index contributed by atoms with van der Waals surface area (Å²) in [5.41, 5.74) is 0. The Morgan fingerprint density at radius 1 is 0.750 bits per heavy atom. The maximum absolute atomic E-state index is 9.27. The van der Waals surface area contributed by atoms with Gasteiger partial charge in [-0.2, -0.15) is 0 Å². The van der Waals surface area contributed by atoms with Crippen LogP contribution in [0.1, 0.15) is 78.6 Å². The molecule has 0 fully saturated rings. The fraction of sp³-hybridized carbons (Fsp3) is 0.929. The number of rotatable bonds is 9. The van der Waals surface area contributed by atoms with Crippen molar-refractivity contribution in [2.75, 3.05) is 6.54 Å². The number of isocyanates is 1. The van der Waals surface area contributed by atoms with Crippen molar-refractivity contribution in [1.29, 1.82) is 0 Å². The second kappa shape index (κ2) is 19.9. The van der Waals surface area contributed by atoms with Crippen LogP contribution in [-0.4, -0.2) is 12.6 Å². The maximum Gasteiger partial charge on any atom is 0.234 e. The molecule has 0 aliphatic carbocycles. The summed E-state index contributed by atoms with van der Waals surface area (Å²) in [6.45, 7) is 7.11. The third-order valence-electron chi connectivity index (χ3n) is 2.36. The second-order valence-electron chi connectivity index (χ2n) is 4.09. The highest BCUT2D eigenvalue weighted by Gasteiger charge is 1.87. The zero-order valence-corrected chi connectivity index (χ0v) is 11.4. The largest absolute Gasteiger partial charge is 0.234 e. The maximum atomic E-state index is 9.27. The van der Waals surface area contributed by atoms with Crippen molar-refractivity contribution < 1.29 is 4.79 Å². The highest BCUT2D eigenvalue weighted by Crippen LogP contribution is 2.07. The molecule has 16 heavy (non-hydrogen) atoms. The summed E-state index contributed by atoms with van der Waals surface area (Å²) in [6.07, 6.45) is 13.8. The van der Waals surface area contributed by atoms with Crippen molar-refractivity contribution in [2.45, 2.75) is 78.6 Å². The minimum Gasteiger partial charge on any atom is -0.211 e. The Morgan fingerprint density at radius 2 is 1.19 bits per heavy atom. The van der Waals surface area contributed by atoms with Crippen LogP contribution in [0.3, 0.4) is 0 Å². The fourth-order valence-electron chi connectivity index (χ4n) is 1.36. The van der Waals surface area contributed by atoms with Crippen LogP contribution < -0.4 is 0 Å². The molecular weight excluding hydrogens is 198 g/mol. The Bertz CT molecular complexity index is 143. The molecule has 2 heteroatoms. The molecule has 0 atom stereocenters. The van der Waals surface area contributed by atoms with Gasteiger partial charge in [0.05, 0.1) is 6.54 Å². The van der Waals surface area contributed by atoms with Crippen molar-refractivity contribution in [3.8, 4) is 0 Å². The molecule has 96 valence electrons. The first-order chi connectivity index (χ1) is 7.83. The van der Waals surface area contributed by atoms with Crippen LogP contribution in [0, 0.1) is 0 Å². The van der Waals surface area contributed by atoms with Gasteiger partial charge in [-0.25, -0.2) is 9.79 Å². The quantitative estimate of drug-likeness (QED) is 0.313. The lowest BCUT2D eigenvalue weighted by Crippen LogP contribution is -1.77. The molecule has 0 aromatic rings. The number of nitrogens with zero attached hydrogens (tertiary/aromatic N) is 1. The van der Waals surface area contributed by atoms with Gasteiger partial charge in [-0.3, -0.25) is 0 Å². The topological polar surface area (TPSA) is 29.4 Å². The summed E-state index contributed by atoms with van der Waals surface area (Å²) in [5.74, 6) is 0. The van der Waals surface area contributed by atoms with Gasteiger partial charge < -0.3 is 0 Å². The lowest BCUT2D eigenvalue weighted by Gasteiger charge is -1.97. The lowest BCUT2D eigenvalue weighted by atomic mass is 10.1. The molecular formula is C14H29NO. The van der Waals surface area contributed by atoms with E-state index in [9.17, 15) is 4.79 Å². The molecule has 0 radical (unpaired) electrons. The second-order valence-corrected chi connectivity index (χ2v) is 4.09. The number of unbranched alkanes of at least 4 members (excludes halogenated alkanes) is 7. The van der Waals surface area contributed by atoms with Crippen molar-refractivity contribution >= 4 is 6.08 Å². The third kappa shape index (κ3) is 23.3. The summed E-state index contributed by atoms with van der Waals surface area (Å²) in [4.78, 5) is 12.6. The molecule has 0 saturated carbocycles. The Labute approximate surface area is 102 Å². The zero-order valence-electron chi connectivity index (χ0n) is 11.4. The minimum absolute atomic E-state index is 0.615. The van der Waals surface area contributed by atoms with E-state index in [1.807, 2.05) is 6.92 Å². The number of hydrogen-bond donors (Lipinski definition) is 0. The summed E-state index contributed by atoms with van der Waals surface area (Å²) in [7, 11) is 0. The van der Waals surface area contributed by atoms with Crippen LogP contribution in [0.2, 0.25) is 0 Å². The first-order valence-corrected chi connectivity index (χ1v) is 6.87. The van der Waals surface area contributed by atoms with Crippen LogP contribution >= 0.6 is 0 Å². The summed E-state index contributed by atoms with van der Waals surface area (Å²) >= 11 is 0. The third-order valence-corrected chi connectivity index (χ3v) is 2.36. The van der Waals surface area contributed by atoms with Gasteiger partial charge in [-0.15, -0.1) is 0 Å². The van der Waals surface area contributed by atoms with Crippen molar-refractivity contribution in [3.05, 3.63) is 0 Å². The standard InChI is InChI=1S/C10H22.C4H7NO/c1-3-5-7-9-10-8-6-4-2;1-2-3-5-4-6/h3-10H2,1-2H3;2-3H2,1H3. The predicted molar refractivity (Wildman–Crippen MR) is 71.6 cm³/mol. The molecule has 0 spiro atoms. The van der Waals surface area contributed by atoms with Gasteiger partial charge in [0.25, 0.3) is 0 Å². The number of hydrogen-bond acceptors (Lipinski definition) is 2. The Morgan fingerprint density at radius 3 is 1.44 bits per heavy atom. The van der Waals surface area contributed by atoms with Gasteiger partial charge in [0.15, 0.2) is 0 Å². The molecule has 0 unspecified atom stereocenters. The van der Waals surface area contributed by atoms with Gasteiger partial charge in [0.1, 0.15) is 0 Å². The van der Waals surface area contributed by atoms with E-state index in [0.717, 1.165) is 6.42 Å². The molecule has 0 rings (SSSR count). The van der Waals surface area contributed by atoms with Gasteiger partial charge in [0.2, 0.25) is 6.08 Å². The fourth-order valence-corrected chi connectivity index (χ4v) is 1.36. The Balaban J connectivity index is 0. The monoisotopic (exact) mass is 227 g/mol. The normalized spacial score (nSPS) is 8.94. The first kappa shape index (κ1) is 17.8. The first-order valence-electron chi connectivity index (χ1n) is 6.87. The van der Waals surface area contributed by atoms with E-state index in [2.05, 4.69) is 18.8 Å². The summed E-state index contributed by atoms with van der Waals surface area (Å²) in [5, 5.41) is 0. The molecule has 0 aliphatic heterocycles. The molecule has 0 saturated heterocycles. The molecule has 0 aromatic carbocycles. The average molecular weight is 227 g/mol. The van der Waals surface area contributed by atoms with Crippen LogP contribution in [0.25, 0.3) is 0 Å². The molecule has 0 bridgehead atoms. The van der Waals surface area contributed by atoms with Gasteiger partial charge in [-0.1, -0.05) is 72.1 Å². The van der Waals surface area contributed by atoms with Gasteiger partial charge in [0, 0.05) is 0 Å². The highest BCUT2D eigenvalue weighted by atomic mass is 16.1. The minimum atomic E-state index is 0.615. The van der Waals surface area contributed by atoms with E-state index in [-0.39, 0.29) is 0 Å². The number of carbonyl (C=O) groups excluding carboxylic acids is 1. The van der Waals surface area contributed by atoms with Crippen LogP contribution in [-0.2, 0) is 4.79 Å². The van der Waals surface area contributed by atoms with Gasteiger partial charge in [-0.05, 0) is 6.42 Å². The van der Waals surface area contributed by atoms with Crippen LogP contribution in [0.15, 0.2) is 4.99 Å². The van der Waals surface area contributed by atoms with E-state index >= 15 is 0 Å². The molecule has 0 aromatic heterocycles. The van der Waals surface area contributed by atoms with Gasteiger partial charge >= 0.3 is 0 Å². The molecule has 2 nitrogen and oxygen atoms in total. The average Bonchev–Trinajstić information content (AvgIpc) is 2.32. The Kier molecular flexibility index (Phi) is 22.1. The van der Waals surface area contributed by atoms with Crippen LogP contribution in [0.5, 0.6) is 0 Å². The summed E-state index contributed by atoms with van der Waals surface area (Å²) in [6, 6.07) is 0. The van der Waals surface area contributed by atoms with E-state index in [0.29, 0.717) is 6.54 Å². The van der Waals surface area contributed by atoms with E-state index < -0.39 is 0 Å².